The first-order chi connectivity index (χ1) is 8.97. The number of nitrogens with one attached hydrogen (secondary N) is 1. The molecule has 0 aliphatic heterocycles. The number of carbonyl (C=O) groups excluding carboxylic acids is 1. The van der Waals surface area contributed by atoms with Crippen LogP contribution in [-0.4, -0.2) is 41.8 Å². The highest BCUT2D eigenvalue weighted by Gasteiger charge is 2.14. The fourth-order valence-electron chi connectivity index (χ4n) is 1.44. The number of benzene rings is 1. The molecule has 7 nitrogen and oxygen atoms in total. The lowest BCUT2D eigenvalue weighted by molar-refractivity contribution is -0.118. The number of carbonyl (C=O) groups is 2. The fourth-order valence-corrected chi connectivity index (χ4v) is 1.44. The highest BCUT2D eigenvalue weighted by molar-refractivity contribution is 5.95. The lowest BCUT2D eigenvalue weighted by Crippen LogP contribution is -2.28. The maximum Gasteiger partial charge on any atom is 0.335 e. The Balaban J connectivity index is 2.78. The van der Waals surface area contributed by atoms with Gasteiger partial charge < -0.3 is 26.0 Å². The van der Waals surface area contributed by atoms with Gasteiger partial charge in [-0.15, -0.1) is 0 Å². The number of nitrogens with two attached hydrogens (primary N) is 1. The summed E-state index contributed by atoms with van der Waals surface area (Å²) in [4.78, 5) is 22.5. The second kappa shape index (κ2) is 6.72. The van der Waals surface area contributed by atoms with Gasteiger partial charge >= 0.3 is 5.97 Å². The molecule has 19 heavy (non-hydrogen) atoms. The SMILES string of the molecule is COC(CN)CC(=O)Nc1cc(C(=O)O)ccc1O. The summed E-state index contributed by atoms with van der Waals surface area (Å²) in [6.45, 7) is 0.186. The molecule has 5 N–H and O–H groups in total. The van der Waals surface area contributed by atoms with Crippen molar-refractivity contribution in [3.63, 3.8) is 0 Å². The summed E-state index contributed by atoms with van der Waals surface area (Å²) >= 11 is 0. The highest BCUT2D eigenvalue weighted by Crippen LogP contribution is 2.24. The number of hydrogen-bond donors (Lipinski definition) is 4. The molecule has 1 rings (SSSR count). The molecule has 1 amide bonds. The zero-order chi connectivity index (χ0) is 14.4. The van der Waals surface area contributed by atoms with Gasteiger partial charge in [-0.3, -0.25) is 4.79 Å². The van der Waals surface area contributed by atoms with E-state index in [0.717, 1.165) is 0 Å². The maximum atomic E-state index is 11.7. The molecule has 1 atom stereocenters. The molecule has 1 unspecified atom stereocenters. The van der Waals surface area contributed by atoms with Gasteiger partial charge in [0.1, 0.15) is 5.75 Å². The Bertz CT molecular complexity index is 471. The van der Waals surface area contributed by atoms with Gasteiger partial charge in [-0.1, -0.05) is 0 Å². The molecular formula is C12H16N2O5. The summed E-state index contributed by atoms with van der Waals surface area (Å²) < 4.78 is 4.96. The van der Waals surface area contributed by atoms with Crippen LogP contribution in [0.15, 0.2) is 18.2 Å². The van der Waals surface area contributed by atoms with E-state index < -0.39 is 18.0 Å². The van der Waals surface area contributed by atoms with Gasteiger partial charge in [0.25, 0.3) is 0 Å². The first-order valence-corrected chi connectivity index (χ1v) is 5.57. The van der Waals surface area contributed by atoms with Crippen LogP contribution in [0.2, 0.25) is 0 Å². The molecular weight excluding hydrogens is 252 g/mol. The number of amides is 1. The van der Waals surface area contributed by atoms with Gasteiger partial charge in [0.2, 0.25) is 5.91 Å². The van der Waals surface area contributed by atoms with E-state index in [-0.39, 0.29) is 30.0 Å². The Hall–Kier alpha value is -2.12. The first kappa shape index (κ1) is 14.9. The monoisotopic (exact) mass is 268 g/mol. The summed E-state index contributed by atoms with van der Waals surface area (Å²) in [6.07, 6.45) is -0.409. The second-order valence-electron chi connectivity index (χ2n) is 3.88. The number of aromatic carboxylic acids is 1. The van der Waals surface area contributed by atoms with Crippen LogP contribution >= 0.6 is 0 Å². The molecule has 1 aromatic carbocycles. The van der Waals surface area contributed by atoms with E-state index in [9.17, 15) is 14.7 Å². The third kappa shape index (κ3) is 4.23. The van der Waals surface area contributed by atoms with Crippen molar-refractivity contribution in [3.8, 4) is 5.75 Å². The van der Waals surface area contributed by atoms with Crippen molar-refractivity contribution in [2.24, 2.45) is 5.73 Å². The van der Waals surface area contributed by atoms with Crippen molar-refractivity contribution in [1.29, 1.82) is 0 Å². The first-order valence-electron chi connectivity index (χ1n) is 5.57. The summed E-state index contributed by atoms with van der Waals surface area (Å²) in [6, 6.07) is 3.63. The molecule has 0 radical (unpaired) electrons. The quantitative estimate of drug-likeness (QED) is 0.554. The van der Waals surface area contributed by atoms with Gasteiger partial charge in [0.05, 0.1) is 23.8 Å². The number of methoxy groups -OCH3 is 1. The van der Waals surface area contributed by atoms with Crippen LogP contribution in [0.25, 0.3) is 0 Å². The Morgan fingerprint density at radius 3 is 2.68 bits per heavy atom. The predicted molar refractivity (Wildman–Crippen MR) is 68.2 cm³/mol. The fraction of sp³-hybridized carbons (Fsp3) is 0.333. The molecule has 0 saturated carbocycles. The third-order valence-electron chi connectivity index (χ3n) is 2.53. The molecule has 0 aliphatic carbocycles. The second-order valence-corrected chi connectivity index (χ2v) is 3.88. The number of rotatable bonds is 6. The smallest absolute Gasteiger partial charge is 0.335 e. The lowest BCUT2D eigenvalue weighted by atomic mass is 10.1. The van der Waals surface area contributed by atoms with Crippen LogP contribution in [0.1, 0.15) is 16.8 Å². The summed E-state index contributed by atoms with van der Waals surface area (Å²) in [5.74, 6) is -1.78. The molecule has 0 aromatic heterocycles. The van der Waals surface area contributed by atoms with Gasteiger partial charge in [-0.2, -0.15) is 0 Å². The Labute approximate surface area is 110 Å². The predicted octanol–water partition coefficient (Wildman–Crippen LogP) is 0.393. The molecule has 0 aliphatic rings. The minimum absolute atomic E-state index is 0.0176. The number of aromatic hydroxyl groups is 1. The van der Waals surface area contributed by atoms with E-state index in [4.69, 9.17) is 15.6 Å². The number of carboxylic acid groups (broad SMARTS) is 1. The van der Waals surface area contributed by atoms with Crippen LogP contribution in [0, 0.1) is 0 Å². The van der Waals surface area contributed by atoms with E-state index in [0.29, 0.717) is 0 Å². The lowest BCUT2D eigenvalue weighted by Gasteiger charge is -2.13. The molecule has 0 saturated heterocycles. The molecule has 0 spiro atoms. The zero-order valence-electron chi connectivity index (χ0n) is 10.4. The Morgan fingerprint density at radius 1 is 1.47 bits per heavy atom. The number of phenols is 1. The van der Waals surface area contributed by atoms with Gasteiger partial charge in [-0.25, -0.2) is 4.79 Å². The summed E-state index contributed by atoms with van der Waals surface area (Å²) in [7, 11) is 1.44. The summed E-state index contributed by atoms with van der Waals surface area (Å²) in [5, 5.41) is 20.8. The number of ether oxygens (including phenoxy) is 1. The molecule has 1 aromatic rings. The van der Waals surface area contributed by atoms with Crippen LogP contribution in [0.3, 0.4) is 0 Å². The molecule has 0 bridgehead atoms. The Kier molecular flexibility index (Phi) is 5.28. The van der Waals surface area contributed by atoms with Crippen LogP contribution in [-0.2, 0) is 9.53 Å². The maximum absolute atomic E-state index is 11.7. The minimum Gasteiger partial charge on any atom is -0.506 e. The van der Waals surface area contributed by atoms with E-state index in [2.05, 4.69) is 5.32 Å². The third-order valence-corrected chi connectivity index (χ3v) is 2.53. The van der Waals surface area contributed by atoms with E-state index in [1.807, 2.05) is 0 Å². The molecule has 0 heterocycles. The molecule has 7 heteroatoms. The van der Waals surface area contributed by atoms with Crippen molar-refractivity contribution >= 4 is 17.6 Å². The van der Waals surface area contributed by atoms with Crippen LogP contribution < -0.4 is 11.1 Å². The minimum atomic E-state index is -1.15. The largest absolute Gasteiger partial charge is 0.506 e. The highest BCUT2D eigenvalue weighted by atomic mass is 16.5. The van der Waals surface area contributed by atoms with Crippen molar-refractivity contribution in [2.45, 2.75) is 12.5 Å². The number of carboxylic acids is 1. The van der Waals surface area contributed by atoms with Crippen molar-refractivity contribution in [2.75, 3.05) is 19.0 Å². The average molecular weight is 268 g/mol. The van der Waals surface area contributed by atoms with Crippen molar-refractivity contribution < 1.29 is 24.5 Å². The average Bonchev–Trinajstić information content (AvgIpc) is 2.38. The zero-order valence-corrected chi connectivity index (χ0v) is 10.4. The molecule has 104 valence electrons. The topological polar surface area (TPSA) is 122 Å². The number of hydrogen-bond acceptors (Lipinski definition) is 5. The molecule has 0 fully saturated rings. The van der Waals surface area contributed by atoms with Gasteiger partial charge in [-0.05, 0) is 18.2 Å². The number of phenolic OH excluding ortho intramolecular Hbond substituents is 1. The van der Waals surface area contributed by atoms with Crippen LogP contribution in [0.4, 0.5) is 5.69 Å². The van der Waals surface area contributed by atoms with Gasteiger partial charge in [0.15, 0.2) is 0 Å². The van der Waals surface area contributed by atoms with E-state index in [1.54, 1.807) is 0 Å². The van der Waals surface area contributed by atoms with E-state index >= 15 is 0 Å². The Morgan fingerprint density at radius 2 is 2.16 bits per heavy atom. The number of anilines is 1. The van der Waals surface area contributed by atoms with Crippen LogP contribution in [0.5, 0.6) is 5.75 Å². The summed E-state index contributed by atoms with van der Waals surface area (Å²) in [5.41, 5.74) is 5.39. The van der Waals surface area contributed by atoms with Crippen molar-refractivity contribution in [1.82, 2.24) is 0 Å². The normalized spacial score (nSPS) is 11.9. The standard InChI is InChI=1S/C12H16N2O5/c1-19-8(6-13)5-11(16)14-9-4-7(12(17)18)2-3-10(9)15/h2-4,8,15H,5-6,13H2,1H3,(H,14,16)(H,17,18). The van der Waals surface area contributed by atoms with Gasteiger partial charge in [0, 0.05) is 13.7 Å². The van der Waals surface area contributed by atoms with E-state index in [1.165, 1.54) is 25.3 Å². The van der Waals surface area contributed by atoms with Crippen molar-refractivity contribution in [3.05, 3.63) is 23.8 Å².